The normalized spacial score (nSPS) is 12.2. The number of hydrogen-bond acceptors (Lipinski definition) is 0. The molecule has 0 aromatic heterocycles. The van der Waals surface area contributed by atoms with Crippen LogP contribution >= 0.6 is 0 Å². The van der Waals surface area contributed by atoms with Crippen molar-refractivity contribution in [3.8, 4) is 44.5 Å². The van der Waals surface area contributed by atoms with Gasteiger partial charge in [0.25, 0.3) is 0 Å². The molecule has 15 aromatic carbocycles. The molecule has 0 saturated carbocycles. The van der Waals surface area contributed by atoms with Crippen molar-refractivity contribution in [3.05, 3.63) is 231 Å². The molecule has 0 nitrogen and oxygen atoms in total. The van der Waals surface area contributed by atoms with Gasteiger partial charge in [-0.3, -0.25) is 0 Å². The molecule has 0 amide bonds. The predicted molar refractivity (Wildman–Crippen MR) is 286 cm³/mol. The van der Waals surface area contributed by atoms with Crippen LogP contribution in [0, 0.1) is 0 Å². The van der Waals surface area contributed by atoms with Crippen LogP contribution in [0.25, 0.3) is 152 Å². The summed E-state index contributed by atoms with van der Waals surface area (Å²) < 4.78 is 0. The topological polar surface area (TPSA) is 0 Å². The Kier molecular flexibility index (Phi) is 7.31. The average molecular weight is 831 g/mol. The van der Waals surface area contributed by atoms with Crippen LogP contribution in [-0.2, 0) is 0 Å². The van der Waals surface area contributed by atoms with Gasteiger partial charge in [0, 0.05) is 0 Å². The van der Waals surface area contributed by atoms with Crippen molar-refractivity contribution < 1.29 is 0 Å². The number of fused-ring (bicyclic) bond motifs is 12. The Balaban J connectivity index is 1.01. The van der Waals surface area contributed by atoms with Crippen LogP contribution in [0.15, 0.2) is 231 Å². The monoisotopic (exact) mass is 830 g/mol. The van der Waals surface area contributed by atoms with Crippen molar-refractivity contribution in [3.63, 3.8) is 0 Å². The Morgan fingerprint density at radius 3 is 1.36 bits per heavy atom. The zero-order valence-corrected chi connectivity index (χ0v) is 35.9. The summed E-state index contributed by atoms with van der Waals surface area (Å²) in [6, 6.07) is 86.5. The summed E-state index contributed by atoms with van der Waals surface area (Å²) in [7, 11) is 0. The second-order valence-corrected chi connectivity index (χ2v) is 18.2. The van der Waals surface area contributed by atoms with Crippen LogP contribution in [0.1, 0.15) is 0 Å². The number of benzene rings is 13. The highest BCUT2D eigenvalue weighted by Gasteiger charge is 2.27. The summed E-state index contributed by atoms with van der Waals surface area (Å²) in [4.78, 5) is 0. The highest BCUT2D eigenvalue weighted by atomic mass is 14.3. The zero-order valence-electron chi connectivity index (χ0n) is 35.9. The zero-order chi connectivity index (χ0) is 43.0. The van der Waals surface area contributed by atoms with Crippen LogP contribution in [-0.4, -0.2) is 0 Å². The molecule has 15 rings (SSSR count). The molecule has 0 aliphatic carbocycles. The van der Waals surface area contributed by atoms with E-state index in [9.17, 15) is 0 Å². The minimum absolute atomic E-state index is 1.23. The van der Waals surface area contributed by atoms with Gasteiger partial charge in [0.15, 0.2) is 0 Å². The fourth-order valence-corrected chi connectivity index (χ4v) is 12.1. The Morgan fingerprint density at radius 2 is 0.652 bits per heavy atom. The molecule has 0 radical (unpaired) electrons. The lowest BCUT2D eigenvalue weighted by Crippen LogP contribution is -1.91. The van der Waals surface area contributed by atoms with E-state index in [1.165, 1.54) is 152 Å². The molecular formula is C66H38. The molecule has 0 atom stereocenters. The van der Waals surface area contributed by atoms with Crippen molar-refractivity contribution in [1.82, 2.24) is 0 Å². The first-order chi connectivity index (χ1) is 32.8. The van der Waals surface area contributed by atoms with E-state index in [1.807, 2.05) is 0 Å². The van der Waals surface area contributed by atoms with Gasteiger partial charge in [-0.1, -0.05) is 206 Å². The maximum absolute atomic E-state index is 2.53. The van der Waals surface area contributed by atoms with Crippen LogP contribution in [0.2, 0.25) is 0 Å². The maximum atomic E-state index is 2.53. The van der Waals surface area contributed by atoms with Gasteiger partial charge < -0.3 is 0 Å². The molecule has 0 aliphatic heterocycles. The summed E-state index contributed by atoms with van der Waals surface area (Å²) in [6.45, 7) is 0. The lowest BCUT2D eigenvalue weighted by molar-refractivity contribution is 1.68. The summed E-state index contributed by atoms with van der Waals surface area (Å²) in [6.07, 6.45) is 0. The molecule has 0 heterocycles. The van der Waals surface area contributed by atoms with E-state index in [4.69, 9.17) is 0 Å². The van der Waals surface area contributed by atoms with E-state index in [-0.39, 0.29) is 0 Å². The Labute approximate surface area is 380 Å². The molecule has 0 fully saturated rings. The first-order valence-electron chi connectivity index (χ1n) is 23.1. The molecular weight excluding hydrogens is 793 g/mol. The fourth-order valence-electron chi connectivity index (χ4n) is 12.1. The summed E-state index contributed by atoms with van der Waals surface area (Å²) in [5, 5.41) is 26.1. The van der Waals surface area contributed by atoms with Gasteiger partial charge >= 0.3 is 0 Å². The molecule has 0 aliphatic rings. The van der Waals surface area contributed by atoms with Crippen LogP contribution in [0.3, 0.4) is 0 Å². The quantitative estimate of drug-likeness (QED) is 0.155. The van der Waals surface area contributed by atoms with Crippen LogP contribution in [0.5, 0.6) is 0 Å². The van der Waals surface area contributed by atoms with Crippen molar-refractivity contribution >= 4 is 108 Å². The number of hydrogen-bond donors (Lipinski definition) is 0. The lowest BCUT2D eigenvalue weighted by atomic mass is 9.84. The van der Waals surface area contributed by atoms with Gasteiger partial charge in [-0.25, -0.2) is 0 Å². The Morgan fingerprint density at radius 1 is 0.167 bits per heavy atom. The third-order valence-corrected chi connectivity index (χ3v) is 14.9. The second-order valence-electron chi connectivity index (χ2n) is 18.2. The molecule has 0 heteroatoms. The van der Waals surface area contributed by atoms with Crippen molar-refractivity contribution in [1.29, 1.82) is 0 Å². The largest absolute Gasteiger partial charge is 0.0622 e. The third kappa shape index (κ3) is 4.88. The molecule has 0 bridgehead atoms. The van der Waals surface area contributed by atoms with Gasteiger partial charge in [-0.2, -0.15) is 0 Å². The van der Waals surface area contributed by atoms with Crippen molar-refractivity contribution in [2.75, 3.05) is 0 Å². The van der Waals surface area contributed by atoms with E-state index in [0.29, 0.717) is 0 Å². The summed E-state index contributed by atoms with van der Waals surface area (Å²) in [5.74, 6) is 0. The first kappa shape index (κ1) is 35.8. The van der Waals surface area contributed by atoms with Crippen molar-refractivity contribution in [2.45, 2.75) is 0 Å². The average Bonchev–Trinajstić information content (AvgIpc) is 3.89. The van der Waals surface area contributed by atoms with Gasteiger partial charge in [0.2, 0.25) is 0 Å². The van der Waals surface area contributed by atoms with Crippen molar-refractivity contribution in [2.24, 2.45) is 0 Å². The molecule has 302 valence electrons. The van der Waals surface area contributed by atoms with Gasteiger partial charge in [0.1, 0.15) is 0 Å². The Hall–Kier alpha value is -8.58. The molecule has 15 aromatic rings. The summed E-state index contributed by atoms with van der Waals surface area (Å²) >= 11 is 0. The number of rotatable bonds is 4. The highest BCUT2D eigenvalue weighted by Crippen LogP contribution is 2.55. The van der Waals surface area contributed by atoms with E-state index in [2.05, 4.69) is 231 Å². The maximum Gasteiger partial charge on any atom is -0.000719 e. The SMILES string of the molecule is c1ccc(-c2c3cc4c5ccccc5c5cccc(c3c(-c3ccccc3)c3c6ccc(-c7ccc8cc(-c9cc%10ccccc%10c%10ccccc9%10)ccc8c7)c7cccc(c23)c76)c54)cc1. The minimum Gasteiger partial charge on any atom is -0.0622 e. The van der Waals surface area contributed by atoms with Gasteiger partial charge in [-0.05, 0) is 176 Å². The second kappa shape index (κ2) is 13.5. The van der Waals surface area contributed by atoms with E-state index >= 15 is 0 Å². The van der Waals surface area contributed by atoms with Crippen LogP contribution < -0.4 is 0 Å². The van der Waals surface area contributed by atoms with Crippen LogP contribution in [0.4, 0.5) is 0 Å². The molecule has 0 unspecified atom stereocenters. The van der Waals surface area contributed by atoms with E-state index < -0.39 is 0 Å². The first-order valence-corrected chi connectivity index (χ1v) is 23.1. The summed E-state index contributed by atoms with van der Waals surface area (Å²) in [5.41, 5.74) is 10.1. The third-order valence-electron chi connectivity index (χ3n) is 14.9. The minimum atomic E-state index is 1.23. The van der Waals surface area contributed by atoms with Gasteiger partial charge in [-0.15, -0.1) is 0 Å². The Bertz CT molecular complexity index is 4480. The highest BCUT2D eigenvalue weighted by molar-refractivity contribution is 6.45. The standard InChI is InChI=1S/C66H38/c1-3-15-39(16-4-1)60-59-38-58-51-24-12-10-22-49(51)53-26-14-27-54(63(53)58)64(59)61(40-17-5-2-6-18-40)66-56-34-33-47(52-25-13-28-55(62(52)56)65(60)66)44-31-29-42-36-45(32-30-41(42)35-44)57-37-43-19-7-8-20-46(43)48-21-9-11-23-50(48)57/h1-38H. The molecule has 66 heavy (non-hydrogen) atoms. The van der Waals surface area contributed by atoms with E-state index in [1.54, 1.807) is 0 Å². The molecule has 0 N–H and O–H groups in total. The smallest absolute Gasteiger partial charge is 0.000719 e. The molecule has 0 spiro atoms. The van der Waals surface area contributed by atoms with Gasteiger partial charge in [0.05, 0.1) is 0 Å². The fraction of sp³-hybridized carbons (Fsp3) is 0. The lowest BCUT2D eigenvalue weighted by Gasteiger charge is -2.19. The predicted octanol–water partition coefficient (Wildman–Crippen LogP) is 18.8. The molecule has 0 saturated heterocycles. The van der Waals surface area contributed by atoms with E-state index in [0.717, 1.165) is 0 Å².